The van der Waals surface area contributed by atoms with Crippen molar-refractivity contribution in [1.82, 2.24) is 0 Å². The van der Waals surface area contributed by atoms with Crippen LogP contribution >= 0.6 is 12.0 Å². The average molecular weight is 259 g/mol. The summed E-state index contributed by atoms with van der Waals surface area (Å²) in [6.45, 7) is 0. The van der Waals surface area contributed by atoms with Gasteiger partial charge < -0.3 is 9.92 Å². The van der Waals surface area contributed by atoms with Crippen molar-refractivity contribution in [3.8, 4) is 0 Å². The van der Waals surface area contributed by atoms with E-state index in [1.165, 1.54) is 7.11 Å². The lowest BCUT2D eigenvalue weighted by Crippen LogP contribution is -2.26. The van der Waals surface area contributed by atoms with Gasteiger partial charge in [-0.15, -0.1) is 4.40 Å². The molecule has 6 nitrogen and oxygen atoms in total. The van der Waals surface area contributed by atoms with Crippen LogP contribution in [0.15, 0.2) is 27.5 Å². The van der Waals surface area contributed by atoms with Gasteiger partial charge in [0.15, 0.2) is 0 Å². The Bertz CT molecular complexity index is 554. The van der Waals surface area contributed by atoms with E-state index >= 15 is 0 Å². The maximum atomic E-state index is 11.3. The van der Waals surface area contributed by atoms with Crippen LogP contribution in [0.25, 0.3) is 0 Å². The largest absolute Gasteiger partial charge is 0.382 e. The summed E-state index contributed by atoms with van der Waals surface area (Å²) in [5.74, 6) is -0.0334. The minimum absolute atomic E-state index is 0.0334. The zero-order valence-electron chi connectivity index (χ0n) is 8.30. The fourth-order valence-corrected chi connectivity index (χ4v) is 2.83. The molecule has 0 saturated heterocycles. The summed E-state index contributed by atoms with van der Waals surface area (Å²) in [4.78, 5) is 0.712. The predicted octanol–water partition coefficient (Wildman–Crippen LogP) is 0.716. The Labute approximate surface area is 97.3 Å². The van der Waals surface area contributed by atoms with Crippen LogP contribution in [0.3, 0.4) is 0 Å². The summed E-state index contributed by atoms with van der Waals surface area (Å²) in [6.07, 6.45) is 0. The van der Waals surface area contributed by atoms with E-state index in [9.17, 15) is 8.42 Å². The second-order valence-corrected chi connectivity index (χ2v) is 5.26. The normalized spacial score (nSPS) is 17.2. The van der Waals surface area contributed by atoms with Crippen molar-refractivity contribution in [3.63, 3.8) is 0 Å². The van der Waals surface area contributed by atoms with Crippen LogP contribution in [-0.2, 0) is 14.4 Å². The quantitative estimate of drug-likeness (QED) is 0.763. The van der Waals surface area contributed by atoms with Crippen molar-refractivity contribution in [3.05, 3.63) is 23.8 Å². The highest BCUT2D eigenvalue weighted by Crippen LogP contribution is 2.31. The fraction of sp³-hybridized carbons (Fsp3) is 0.125. The second kappa shape index (κ2) is 3.96. The number of benzene rings is 1. The maximum Gasteiger partial charge on any atom is 0.344 e. The third kappa shape index (κ3) is 1.99. The number of amidine groups is 1. The minimum Gasteiger partial charge on any atom is -0.382 e. The minimum atomic E-state index is -3.71. The standard InChI is InChI=1S/C8H9N3O3S2/c1-14-15-6-4-2-3-5-7(6)8(9)11-16(12,13)10-5/h2-4,10H,1H3,(H2,9,11). The molecule has 8 heteroatoms. The molecule has 1 aliphatic rings. The number of rotatable bonds is 2. The topological polar surface area (TPSA) is 93.8 Å². The molecule has 0 fully saturated rings. The van der Waals surface area contributed by atoms with Gasteiger partial charge in [0.2, 0.25) is 0 Å². The molecule has 2 rings (SSSR count). The molecule has 0 radical (unpaired) electrons. The van der Waals surface area contributed by atoms with E-state index in [1.807, 2.05) is 0 Å². The van der Waals surface area contributed by atoms with Gasteiger partial charge in [-0.1, -0.05) is 6.07 Å². The van der Waals surface area contributed by atoms with Crippen LogP contribution in [0.1, 0.15) is 5.56 Å². The summed E-state index contributed by atoms with van der Waals surface area (Å²) in [5, 5.41) is 0. The molecule has 0 spiro atoms. The lowest BCUT2D eigenvalue weighted by molar-refractivity contribution is 0.490. The molecular formula is C8H9N3O3S2. The van der Waals surface area contributed by atoms with Gasteiger partial charge in [-0.25, -0.2) is 0 Å². The van der Waals surface area contributed by atoms with E-state index in [4.69, 9.17) is 9.92 Å². The van der Waals surface area contributed by atoms with E-state index in [1.54, 1.807) is 18.2 Å². The van der Waals surface area contributed by atoms with Crippen LogP contribution in [0.4, 0.5) is 5.69 Å². The van der Waals surface area contributed by atoms with Crippen molar-refractivity contribution in [2.45, 2.75) is 4.90 Å². The smallest absolute Gasteiger partial charge is 0.344 e. The molecule has 1 aliphatic heterocycles. The molecule has 0 atom stereocenters. The first-order chi connectivity index (χ1) is 7.53. The van der Waals surface area contributed by atoms with Gasteiger partial charge in [-0.3, -0.25) is 4.72 Å². The van der Waals surface area contributed by atoms with Gasteiger partial charge in [-0.2, -0.15) is 8.42 Å². The summed E-state index contributed by atoms with van der Waals surface area (Å²) in [7, 11) is -2.20. The third-order valence-electron chi connectivity index (χ3n) is 1.91. The average Bonchev–Trinajstić information content (AvgIpc) is 2.15. The molecular weight excluding hydrogens is 250 g/mol. The summed E-state index contributed by atoms with van der Waals surface area (Å²) in [5.41, 5.74) is 6.57. The lowest BCUT2D eigenvalue weighted by atomic mass is 10.1. The van der Waals surface area contributed by atoms with Crippen LogP contribution < -0.4 is 10.5 Å². The number of nitrogens with zero attached hydrogens (tertiary/aromatic N) is 1. The molecule has 0 amide bonds. The number of nitrogens with two attached hydrogens (primary N) is 1. The number of nitrogens with one attached hydrogen (secondary N) is 1. The van der Waals surface area contributed by atoms with Crippen LogP contribution in [0.2, 0.25) is 0 Å². The van der Waals surface area contributed by atoms with Gasteiger partial charge in [0.05, 0.1) is 18.4 Å². The SMILES string of the molecule is COSc1cccc2c1C(N)=NS(=O)(=O)N2. The first-order valence-corrected chi connectivity index (χ1v) is 6.44. The summed E-state index contributed by atoms with van der Waals surface area (Å²) < 4.78 is 33.2. The van der Waals surface area contributed by atoms with Crippen molar-refractivity contribution in [2.24, 2.45) is 10.1 Å². The third-order valence-corrected chi connectivity index (χ3v) is 3.51. The van der Waals surface area contributed by atoms with Gasteiger partial charge in [0.1, 0.15) is 5.84 Å². The number of hydrogen-bond donors (Lipinski definition) is 2. The Kier molecular flexibility index (Phi) is 2.78. The Hall–Kier alpha value is -1.25. The van der Waals surface area contributed by atoms with E-state index < -0.39 is 10.2 Å². The van der Waals surface area contributed by atoms with E-state index in [-0.39, 0.29) is 5.84 Å². The van der Waals surface area contributed by atoms with E-state index in [2.05, 4.69) is 9.12 Å². The second-order valence-electron chi connectivity index (χ2n) is 2.98. The molecule has 3 N–H and O–H groups in total. The van der Waals surface area contributed by atoms with Gasteiger partial charge in [-0.05, 0) is 12.1 Å². The highest BCUT2D eigenvalue weighted by atomic mass is 32.2. The zero-order chi connectivity index (χ0) is 11.8. The van der Waals surface area contributed by atoms with Crippen LogP contribution in [0.5, 0.6) is 0 Å². The number of anilines is 1. The monoisotopic (exact) mass is 259 g/mol. The van der Waals surface area contributed by atoms with Gasteiger partial charge >= 0.3 is 10.2 Å². The Morgan fingerprint density at radius 1 is 1.50 bits per heavy atom. The Morgan fingerprint density at radius 3 is 2.94 bits per heavy atom. The molecule has 0 aromatic heterocycles. The molecule has 0 bridgehead atoms. The van der Waals surface area contributed by atoms with Crippen molar-refractivity contribution < 1.29 is 12.6 Å². The van der Waals surface area contributed by atoms with E-state index in [0.29, 0.717) is 16.1 Å². The lowest BCUT2D eigenvalue weighted by Gasteiger charge is -2.17. The summed E-state index contributed by atoms with van der Waals surface area (Å²) in [6, 6.07) is 5.10. The van der Waals surface area contributed by atoms with Crippen molar-refractivity contribution in [2.75, 3.05) is 11.8 Å². The predicted molar refractivity (Wildman–Crippen MR) is 62.6 cm³/mol. The first kappa shape index (κ1) is 11.2. The van der Waals surface area contributed by atoms with Crippen molar-refractivity contribution in [1.29, 1.82) is 0 Å². The highest BCUT2D eigenvalue weighted by Gasteiger charge is 2.23. The van der Waals surface area contributed by atoms with E-state index in [0.717, 1.165) is 12.0 Å². The maximum absolute atomic E-state index is 11.3. The molecule has 0 aliphatic carbocycles. The van der Waals surface area contributed by atoms with Crippen LogP contribution in [-0.4, -0.2) is 21.4 Å². The highest BCUT2D eigenvalue weighted by molar-refractivity contribution is 7.94. The van der Waals surface area contributed by atoms with Gasteiger partial charge in [0.25, 0.3) is 0 Å². The van der Waals surface area contributed by atoms with Crippen LogP contribution in [0, 0.1) is 0 Å². The number of fused-ring (bicyclic) bond motifs is 1. The molecule has 0 unspecified atom stereocenters. The molecule has 1 heterocycles. The summed E-state index contributed by atoms with van der Waals surface area (Å²) >= 11 is 1.10. The Balaban J connectivity index is 2.60. The molecule has 1 aromatic carbocycles. The first-order valence-electron chi connectivity index (χ1n) is 4.26. The molecule has 16 heavy (non-hydrogen) atoms. The van der Waals surface area contributed by atoms with Gasteiger partial charge in [0, 0.05) is 16.9 Å². The zero-order valence-corrected chi connectivity index (χ0v) is 9.93. The fourth-order valence-electron chi connectivity index (χ4n) is 1.38. The molecule has 0 saturated carbocycles. The molecule has 86 valence electrons. The van der Waals surface area contributed by atoms with Crippen molar-refractivity contribution >= 4 is 33.8 Å². The Morgan fingerprint density at radius 2 is 2.25 bits per heavy atom. The molecule has 1 aromatic rings. The number of hydrogen-bond acceptors (Lipinski definition) is 5.